The molecule has 0 aliphatic rings. The topological polar surface area (TPSA) is 66.4 Å². The van der Waals surface area contributed by atoms with Crippen LogP contribution in [0.5, 0.6) is 0 Å². The van der Waals surface area contributed by atoms with E-state index in [1.165, 1.54) is 11.3 Å². The average Bonchev–Trinajstić information content (AvgIpc) is 2.59. The lowest BCUT2D eigenvalue weighted by Gasteiger charge is -2.09. The molecule has 1 aromatic heterocycles. The van der Waals surface area contributed by atoms with Gasteiger partial charge in [-0.2, -0.15) is 0 Å². The van der Waals surface area contributed by atoms with Gasteiger partial charge in [0.1, 0.15) is 4.90 Å². The third-order valence-electron chi connectivity index (χ3n) is 2.42. The van der Waals surface area contributed by atoms with E-state index in [2.05, 4.69) is 4.72 Å². The van der Waals surface area contributed by atoms with Crippen LogP contribution in [-0.4, -0.2) is 20.1 Å². The molecule has 17 heavy (non-hydrogen) atoms. The van der Waals surface area contributed by atoms with E-state index in [0.717, 1.165) is 6.42 Å². The van der Waals surface area contributed by atoms with Gasteiger partial charge in [0.05, 0.1) is 11.5 Å². The third kappa shape index (κ3) is 3.77. The Labute approximate surface area is 107 Å². The summed E-state index contributed by atoms with van der Waals surface area (Å²) >= 11 is 1.27. The molecular weight excluding hydrogens is 258 g/mol. The van der Waals surface area contributed by atoms with Crippen molar-refractivity contribution in [1.82, 2.24) is 4.72 Å². The minimum atomic E-state index is -3.49. The summed E-state index contributed by atoms with van der Waals surface area (Å²) in [4.78, 5) is 0.744. The molecule has 1 heterocycles. The third-order valence-corrected chi connectivity index (χ3v) is 5.32. The molecule has 0 fully saturated rings. The molecule has 1 aromatic rings. The van der Waals surface area contributed by atoms with E-state index in [4.69, 9.17) is 5.11 Å². The molecule has 1 rings (SSSR count). The van der Waals surface area contributed by atoms with Gasteiger partial charge in [-0.05, 0) is 30.2 Å². The smallest absolute Gasteiger partial charge is 0.242 e. The van der Waals surface area contributed by atoms with Crippen LogP contribution in [0.25, 0.3) is 0 Å². The van der Waals surface area contributed by atoms with Crippen molar-refractivity contribution in [1.29, 1.82) is 0 Å². The van der Waals surface area contributed by atoms with Crippen molar-refractivity contribution in [3.63, 3.8) is 0 Å². The fraction of sp³-hybridized carbons (Fsp3) is 0.636. The summed E-state index contributed by atoms with van der Waals surface area (Å²) in [5.41, 5.74) is 0.691. The van der Waals surface area contributed by atoms with Gasteiger partial charge in [0.2, 0.25) is 10.0 Å². The standard InChI is InChI=1S/C11H19NO3S2/c1-8(2)4-5-12-17(14,15)11-9(3)7-16-10(11)6-13/h7-8,12-13H,4-6H2,1-3H3. The maximum absolute atomic E-state index is 12.1. The second-order valence-electron chi connectivity index (χ2n) is 4.41. The van der Waals surface area contributed by atoms with Crippen LogP contribution in [-0.2, 0) is 16.6 Å². The summed E-state index contributed by atoms with van der Waals surface area (Å²) in [6.45, 7) is 6.03. The number of thiophene rings is 1. The van der Waals surface area contributed by atoms with Crippen LogP contribution < -0.4 is 4.72 Å². The van der Waals surface area contributed by atoms with Gasteiger partial charge in [0.25, 0.3) is 0 Å². The molecule has 0 aliphatic heterocycles. The lowest BCUT2D eigenvalue weighted by molar-refractivity contribution is 0.282. The van der Waals surface area contributed by atoms with Crippen molar-refractivity contribution in [3.05, 3.63) is 15.8 Å². The number of rotatable bonds is 6. The van der Waals surface area contributed by atoms with Gasteiger partial charge in [-0.25, -0.2) is 13.1 Å². The first-order valence-electron chi connectivity index (χ1n) is 5.56. The Morgan fingerprint density at radius 2 is 2.12 bits per heavy atom. The molecule has 0 aliphatic carbocycles. The molecule has 2 N–H and O–H groups in total. The minimum Gasteiger partial charge on any atom is -0.391 e. The molecule has 0 radical (unpaired) electrons. The highest BCUT2D eigenvalue weighted by atomic mass is 32.2. The highest BCUT2D eigenvalue weighted by Crippen LogP contribution is 2.26. The van der Waals surface area contributed by atoms with E-state index in [1.807, 2.05) is 13.8 Å². The zero-order valence-electron chi connectivity index (χ0n) is 10.4. The highest BCUT2D eigenvalue weighted by molar-refractivity contribution is 7.89. The Kier molecular flexibility index (Phi) is 5.12. The second kappa shape index (κ2) is 5.95. The monoisotopic (exact) mass is 277 g/mol. The van der Waals surface area contributed by atoms with Crippen molar-refractivity contribution in [2.24, 2.45) is 5.92 Å². The largest absolute Gasteiger partial charge is 0.391 e. The number of aliphatic hydroxyl groups excluding tert-OH is 1. The van der Waals surface area contributed by atoms with Crippen molar-refractivity contribution in [2.45, 2.75) is 38.7 Å². The predicted molar refractivity (Wildman–Crippen MR) is 69.6 cm³/mol. The summed E-state index contributed by atoms with van der Waals surface area (Å²) in [5, 5.41) is 10.9. The molecule has 6 heteroatoms. The molecule has 0 amide bonds. The van der Waals surface area contributed by atoms with Gasteiger partial charge in [-0.1, -0.05) is 13.8 Å². The van der Waals surface area contributed by atoms with Crippen LogP contribution in [0.4, 0.5) is 0 Å². The molecule has 98 valence electrons. The van der Waals surface area contributed by atoms with Gasteiger partial charge in [0.15, 0.2) is 0 Å². The normalized spacial score (nSPS) is 12.3. The Morgan fingerprint density at radius 3 is 2.65 bits per heavy atom. The zero-order valence-corrected chi connectivity index (χ0v) is 12.0. The molecular formula is C11H19NO3S2. The van der Waals surface area contributed by atoms with Gasteiger partial charge in [-0.3, -0.25) is 0 Å². The van der Waals surface area contributed by atoms with Gasteiger partial charge < -0.3 is 5.11 Å². The van der Waals surface area contributed by atoms with Crippen molar-refractivity contribution in [2.75, 3.05) is 6.54 Å². The summed E-state index contributed by atoms with van der Waals surface area (Å²) in [6, 6.07) is 0. The second-order valence-corrected chi connectivity index (χ2v) is 7.08. The average molecular weight is 277 g/mol. The summed E-state index contributed by atoms with van der Waals surface area (Å²) < 4.78 is 26.7. The van der Waals surface area contributed by atoms with E-state index in [0.29, 0.717) is 22.9 Å². The van der Waals surface area contributed by atoms with Crippen LogP contribution >= 0.6 is 11.3 Å². The van der Waals surface area contributed by atoms with E-state index >= 15 is 0 Å². The Bertz CT molecular complexity index is 463. The molecule has 0 unspecified atom stereocenters. The van der Waals surface area contributed by atoms with Crippen molar-refractivity contribution in [3.8, 4) is 0 Å². The summed E-state index contributed by atoms with van der Waals surface area (Å²) in [7, 11) is -3.49. The quantitative estimate of drug-likeness (QED) is 0.834. The zero-order chi connectivity index (χ0) is 13.1. The summed E-state index contributed by atoms with van der Waals surface area (Å²) in [6.07, 6.45) is 0.802. The maximum Gasteiger partial charge on any atom is 0.242 e. The lowest BCUT2D eigenvalue weighted by atomic mass is 10.1. The Hall–Kier alpha value is -0.430. The van der Waals surface area contributed by atoms with Gasteiger partial charge >= 0.3 is 0 Å². The van der Waals surface area contributed by atoms with Crippen LogP contribution in [0.3, 0.4) is 0 Å². The van der Waals surface area contributed by atoms with E-state index in [9.17, 15) is 8.42 Å². The number of sulfonamides is 1. The number of nitrogens with one attached hydrogen (secondary N) is 1. The molecule has 0 spiro atoms. The molecule has 0 saturated heterocycles. The minimum absolute atomic E-state index is 0.237. The molecule has 0 saturated carbocycles. The van der Waals surface area contributed by atoms with Crippen LogP contribution in [0.2, 0.25) is 0 Å². The first-order valence-corrected chi connectivity index (χ1v) is 7.92. The Morgan fingerprint density at radius 1 is 1.47 bits per heavy atom. The first-order chi connectivity index (χ1) is 7.88. The first kappa shape index (κ1) is 14.6. The fourth-order valence-corrected chi connectivity index (χ4v) is 4.22. The van der Waals surface area contributed by atoms with Crippen LogP contribution in [0, 0.1) is 12.8 Å². The Balaban J connectivity index is 2.86. The predicted octanol–water partition coefficient (Wildman–Crippen LogP) is 1.87. The fourth-order valence-electron chi connectivity index (χ4n) is 1.51. The maximum atomic E-state index is 12.1. The number of hydrogen-bond acceptors (Lipinski definition) is 4. The van der Waals surface area contributed by atoms with E-state index in [-0.39, 0.29) is 11.5 Å². The number of aryl methyl sites for hydroxylation is 1. The lowest BCUT2D eigenvalue weighted by Crippen LogP contribution is -2.26. The molecule has 0 bridgehead atoms. The van der Waals surface area contributed by atoms with Gasteiger partial charge in [0, 0.05) is 6.54 Å². The van der Waals surface area contributed by atoms with Crippen molar-refractivity contribution >= 4 is 21.4 Å². The van der Waals surface area contributed by atoms with E-state index < -0.39 is 10.0 Å². The van der Waals surface area contributed by atoms with Gasteiger partial charge in [-0.15, -0.1) is 11.3 Å². The molecule has 4 nitrogen and oxygen atoms in total. The SMILES string of the molecule is Cc1csc(CO)c1S(=O)(=O)NCCC(C)C. The molecule has 0 atom stereocenters. The van der Waals surface area contributed by atoms with Crippen LogP contribution in [0.15, 0.2) is 10.3 Å². The number of aliphatic hydroxyl groups is 1. The number of hydrogen-bond donors (Lipinski definition) is 2. The highest BCUT2D eigenvalue weighted by Gasteiger charge is 2.22. The molecule has 0 aromatic carbocycles. The van der Waals surface area contributed by atoms with Crippen LogP contribution in [0.1, 0.15) is 30.7 Å². The van der Waals surface area contributed by atoms with E-state index in [1.54, 1.807) is 12.3 Å². The summed E-state index contributed by atoms with van der Waals surface area (Å²) in [5.74, 6) is 0.457. The van der Waals surface area contributed by atoms with Crippen molar-refractivity contribution < 1.29 is 13.5 Å².